The minimum Gasteiger partial charge on any atom is -0.508 e. The van der Waals surface area contributed by atoms with Crippen LogP contribution in [0.5, 0.6) is 5.75 Å². The van der Waals surface area contributed by atoms with E-state index in [1.807, 2.05) is 12.1 Å². The number of phenolic OH excluding ortho intramolecular Hbond substituents is 1. The highest BCUT2D eigenvalue weighted by atomic mass is 16.3. The van der Waals surface area contributed by atoms with Crippen LogP contribution in [0.25, 0.3) is 0 Å². The molecular weight excluding hydrogens is 220 g/mol. The van der Waals surface area contributed by atoms with Gasteiger partial charge in [-0.3, -0.25) is 0 Å². The number of hydrogen-bond acceptors (Lipinski definition) is 1. The minimum atomic E-state index is 0.415. The fourth-order valence-corrected chi connectivity index (χ4v) is 2.33. The Bertz CT molecular complexity index is 355. The van der Waals surface area contributed by atoms with Gasteiger partial charge in [0.05, 0.1) is 0 Å². The summed E-state index contributed by atoms with van der Waals surface area (Å²) in [5, 5.41) is 9.85. The zero-order valence-electron chi connectivity index (χ0n) is 11.6. The molecule has 0 fully saturated rings. The smallest absolute Gasteiger partial charge is 0.119 e. The minimum absolute atomic E-state index is 0.415. The predicted octanol–water partition coefficient (Wildman–Crippen LogP) is 5.02. The van der Waals surface area contributed by atoms with Gasteiger partial charge in [0.2, 0.25) is 0 Å². The van der Waals surface area contributed by atoms with Crippen LogP contribution in [-0.2, 0) is 12.8 Å². The highest BCUT2D eigenvalue weighted by Crippen LogP contribution is 2.23. The van der Waals surface area contributed by atoms with Crippen LogP contribution in [0.3, 0.4) is 0 Å². The first-order chi connectivity index (χ1) is 8.79. The van der Waals surface area contributed by atoms with E-state index in [2.05, 4.69) is 19.6 Å². The molecule has 0 radical (unpaired) electrons. The van der Waals surface area contributed by atoms with E-state index in [9.17, 15) is 5.11 Å². The highest BCUT2D eigenvalue weighted by Gasteiger charge is 2.05. The lowest BCUT2D eigenvalue weighted by atomic mass is 9.98. The largest absolute Gasteiger partial charge is 0.508 e. The quantitative estimate of drug-likeness (QED) is 0.479. The summed E-state index contributed by atoms with van der Waals surface area (Å²) in [6.45, 7) is 6.00. The summed E-state index contributed by atoms with van der Waals surface area (Å²) in [6, 6.07) is 5.84. The van der Waals surface area contributed by atoms with Crippen LogP contribution in [0, 0.1) is 0 Å². The fourth-order valence-electron chi connectivity index (χ4n) is 2.33. The lowest BCUT2D eigenvalue weighted by molar-refractivity contribution is 0.468. The van der Waals surface area contributed by atoms with E-state index in [0.29, 0.717) is 5.75 Å². The molecule has 0 unspecified atom stereocenters. The summed E-state index contributed by atoms with van der Waals surface area (Å²) in [5.41, 5.74) is 2.34. The summed E-state index contributed by atoms with van der Waals surface area (Å²) in [4.78, 5) is 0. The lowest BCUT2D eigenvalue weighted by Crippen LogP contribution is -1.94. The molecule has 0 saturated carbocycles. The molecule has 0 aliphatic rings. The van der Waals surface area contributed by atoms with Crippen molar-refractivity contribution in [2.45, 2.75) is 58.3 Å². The second-order valence-electron chi connectivity index (χ2n) is 4.93. The van der Waals surface area contributed by atoms with Gasteiger partial charge in [0.1, 0.15) is 5.75 Å². The third-order valence-corrected chi connectivity index (χ3v) is 3.40. The number of rotatable bonds is 9. The van der Waals surface area contributed by atoms with Gasteiger partial charge in [-0.2, -0.15) is 0 Å². The van der Waals surface area contributed by atoms with Gasteiger partial charge in [0.25, 0.3) is 0 Å². The second-order valence-corrected chi connectivity index (χ2v) is 4.93. The van der Waals surface area contributed by atoms with Crippen LogP contribution in [0.1, 0.15) is 56.6 Å². The summed E-state index contributed by atoms with van der Waals surface area (Å²) in [5.74, 6) is 0.415. The molecule has 0 amide bonds. The Balaban J connectivity index is 2.41. The van der Waals surface area contributed by atoms with E-state index in [1.165, 1.54) is 44.1 Å². The van der Waals surface area contributed by atoms with Crippen molar-refractivity contribution in [3.63, 3.8) is 0 Å². The van der Waals surface area contributed by atoms with Gasteiger partial charge >= 0.3 is 0 Å². The molecule has 0 aliphatic heterocycles. The molecule has 0 spiro atoms. The van der Waals surface area contributed by atoms with Gasteiger partial charge < -0.3 is 5.11 Å². The monoisotopic (exact) mass is 246 g/mol. The van der Waals surface area contributed by atoms with E-state index in [0.717, 1.165) is 18.4 Å². The van der Waals surface area contributed by atoms with Gasteiger partial charge in [-0.25, -0.2) is 0 Å². The van der Waals surface area contributed by atoms with Gasteiger partial charge in [-0.1, -0.05) is 57.2 Å². The van der Waals surface area contributed by atoms with Crippen LogP contribution in [0.4, 0.5) is 0 Å². The van der Waals surface area contributed by atoms with Gasteiger partial charge in [0, 0.05) is 5.56 Å². The predicted molar refractivity (Wildman–Crippen MR) is 79.1 cm³/mol. The van der Waals surface area contributed by atoms with Crippen molar-refractivity contribution in [3.8, 4) is 5.75 Å². The van der Waals surface area contributed by atoms with Crippen molar-refractivity contribution in [1.82, 2.24) is 0 Å². The fraction of sp³-hybridized carbons (Fsp3) is 0.529. The second kappa shape index (κ2) is 8.79. The summed E-state index contributed by atoms with van der Waals surface area (Å²) in [7, 11) is 0. The maximum Gasteiger partial charge on any atom is 0.119 e. The third-order valence-electron chi connectivity index (χ3n) is 3.40. The van der Waals surface area contributed by atoms with Crippen LogP contribution in [0.2, 0.25) is 0 Å². The molecule has 1 rings (SSSR count). The normalized spacial score (nSPS) is 10.5. The molecule has 1 nitrogen and oxygen atoms in total. The van der Waals surface area contributed by atoms with Crippen LogP contribution in [0.15, 0.2) is 30.9 Å². The molecule has 18 heavy (non-hydrogen) atoms. The van der Waals surface area contributed by atoms with Crippen LogP contribution >= 0.6 is 0 Å². The van der Waals surface area contributed by atoms with Crippen LogP contribution < -0.4 is 0 Å². The number of hydrogen-bond donors (Lipinski definition) is 1. The van der Waals surface area contributed by atoms with E-state index < -0.39 is 0 Å². The summed E-state index contributed by atoms with van der Waals surface area (Å²) in [6.07, 6.45) is 11.6. The molecular formula is C17H26O. The van der Waals surface area contributed by atoms with Crippen molar-refractivity contribution in [2.24, 2.45) is 0 Å². The molecule has 1 heteroatoms. The average molecular weight is 246 g/mol. The molecule has 1 N–H and O–H groups in total. The Morgan fingerprint density at radius 1 is 1.11 bits per heavy atom. The van der Waals surface area contributed by atoms with Crippen molar-refractivity contribution in [2.75, 3.05) is 0 Å². The highest BCUT2D eigenvalue weighted by molar-refractivity contribution is 5.40. The molecule has 100 valence electrons. The number of aryl methyl sites for hydroxylation is 1. The van der Waals surface area contributed by atoms with Crippen molar-refractivity contribution in [1.29, 1.82) is 0 Å². The third kappa shape index (κ3) is 4.95. The van der Waals surface area contributed by atoms with E-state index in [-0.39, 0.29) is 0 Å². The van der Waals surface area contributed by atoms with Gasteiger partial charge in [-0.05, 0) is 30.9 Å². The molecule has 0 heterocycles. The van der Waals surface area contributed by atoms with Gasteiger partial charge in [-0.15, -0.1) is 6.58 Å². The van der Waals surface area contributed by atoms with Gasteiger partial charge in [0.15, 0.2) is 0 Å². The number of aromatic hydroxyl groups is 1. The molecule has 0 atom stereocenters. The topological polar surface area (TPSA) is 20.2 Å². The van der Waals surface area contributed by atoms with E-state index in [4.69, 9.17) is 0 Å². The van der Waals surface area contributed by atoms with Crippen molar-refractivity contribution in [3.05, 3.63) is 42.0 Å². The Hall–Kier alpha value is -1.24. The summed E-state index contributed by atoms with van der Waals surface area (Å²) < 4.78 is 0. The number of phenols is 1. The average Bonchev–Trinajstić information content (AvgIpc) is 2.37. The standard InChI is InChI=1S/C17H26O/c1-3-5-6-7-8-9-12-15-13-10-14-17(18)16(15)11-4-2/h4,10,13-14,18H,2-3,5-9,11-12H2,1H3. The first-order valence-corrected chi connectivity index (χ1v) is 7.20. The first-order valence-electron chi connectivity index (χ1n) is 7.20. The molecule has 1 aromatic carbocycles. The SMILES string of the molecule is C=CCc1c(O)cccc1CCCCCCCC. The number of allylic oxidation sites excluding steroid dienone is 1. The van der Waals surface area contributed by atoms with Crippen molar-refractivity contribution < 1.29 is 5.11 Å². The maximum absolute atomic E-state index is 9.85. The Morgan fingerprint density at radius 3 is 2.56 bits per heavy atom. The summed E-state index contributed by atoms with van der Waals surface area (Å²) >= 11 is 0. The maximum atomic E-state index is 9.85. The molecule has 0 aromatic heterocycles. The lowest BCUT2D eigenvalue weighted by Gasteiger charge is -2.09. The molecule has 0 saturated heterocycles. The van der Waals surface area contributed by atoms with E-state index in [1.54, 1.807) is 6.07 Å². The molecule has 0 aliphatic carbocycles. The zero-order chi connectivity index (χ0) is 13.2. The zero-order valence-corrected chi connectivity index (χ0v) is 11.6. The van der Waals surface area contributed by atoms with Crippen molar-refractivity contribution >= 4 is 0 Å². The molecule has 1 aromatic rings. The number of benzene rings is 1. The Labute approximate surface area is 112 Å². The number of unbranched alkanes of at least 4 members (excludes halogenated alkanes) is 5. The first kappa shape index (κ1) is 14.8. The van der Waals surface area contributed by atoms with E-state index >= 15 is 0 Å². The Morgan fingerprint density at radius 2 is 1.83 bits per heavy atom. The Kier molecular flexibility index (Phi) is 7.24. The molecule has 0 bridgehead atoms. The van der Waals surface area contributed by atoms with Crippen LogP contribution in [-0.4, -0.2) is 5.11 Å².